The Morgan fingerprint density at radius 1 is 1.39 bits per heavy atom. The number of rotatable bonds is 2. The fourth-order valence-electron chi connectivity index (χ4n) is 1.91. The largest absolute Gasteiger partial charge is 0.340 e. The van der Waals surface area contributed by atoms with Crippen LogP contribution in [0.15, 0.2) is 52.1 Å². The molecule has 0 amide bonds. The molecular weight excluding hydrogens is 317 g/mol. The second-order valence-electron chi connectivity index (χ2n) is 3.88. The van der Waals surface area contributed by atoms with E-state index in [4.69, 9.17) is 11.6 Å². The summed E-state index contributed by atoms with van der Waals surface area (Å²) in [7, 11) is 0. The first-order chi connectivity index (χ1) is 8.54. The highest BCUT2D eigenvalue weighted by molar-refractivity contribution is 9.10. The smallest absolute Gasteiger partial charge is 0.133 e. The molecule has 0 bridgehead atoms. The zero-order valence-electron chi connectivity index (χ0n) is 9.88. The number of halogens is 3. The summed E-state index contributed by atoms with van der Waals surface area (Å²) in [5.74, 6) is -0.270. The fourth-order valence-corrected chi connectivity index (χ4v) is 2.40. The molecule has 0 unspecified atom stereocenters. The zero-order valence-corrected chi connectivity index (χ0v) is 12.2. The standard InChI is InChI=1S/C14H12BrClFN/c1-3-18-9(2)12(16)6-7-14(18)11-5-4-10(15)8-13(11)17/h4-8H,2-3H2,1H3. The number of likely N-dealkylation sites (N-methyl/N-ethyl adjacent to an activating group) is 1. The number of benzene rings is 1. The molecule has 1 heterocycles. The molecule has 0 aliphatic carbocycles. The maximum Gasteiger partial charge on any atom is 0.133 e. The van der Waals surface area contributed by atoms with Crippen LogP contribution in [0.5, 0.6) is 0 Å². The minimum Gasteiger partial charge on any atom is -0.340 e. The molecule has 94 valence electrons. The van der Waals surface area contributed by atoms with Crippen LogP contribution in [0.1, 0.15) is 12.5 Å². The molecule has 0 atom stereocenters. The van der Waals surface area contributed by atoms with Gasteiger partial charge in [0.15, 0.2) is 0 Å². The Balaban J connectivity index is 2.52. The van der Waals surface area contributed by atoms with E-state index in [9.17, 15) is 4.39 Å². The molecule has 4 heteroatoms. The minimum absolute atomic E-state index is 0.270. The van der Waals surface area contributed by atoms with Crippen LogP contribution in [-0.4, -0.2) is 11.4 Å². The van der Waals surface area contributed by atoms with E-state index in [1.54, 1.807) is 12.1 Å². The normalized spacial score (nSPS) is 15.6. The van der Waals surface area contributed by atoms with Crippen molar-refractivity contribution < 1.29 is 4.39 Å². The summed E-state index contributed by atoms with van der Waals surface area (Å²) >= 11 is 9.28. The van der Waals surface area contributed by atoms with Gasteiger partial charge in [-0.15, -0.1) is 0 Å². The molecule has 0 aromatic heterocycles. The van der Waals surface area contributed by atoms with Crippen molar-refractivity contribution in [1.29, 1.82) is 0 Å². The average Bonchev–Trinajstić information content (AvgIpc) is 2.33. The summed E-state index contributed by atoms with van der Waals surface area (Å²) in [5.41, 5.74) is 2.01. The van der Waals surface area contributed by atoms with Gasteiger partial charge in [-0.25, -0.2) is 4.39 Å². The SMILES string of the molecule is C=C1C(Cl)=CC=C(c2ccc(Br)cc2F)N1CC. The average molecular weight is 329 g/mol. The molecule has 0 N–H and O–H groups in total. The maximum absolute atomic E-state index is 14.0. The summed E-state index contributed by atoms with van der Waals surface area (Å²) < 4.78 is 14.7. The molecule has 1 aliphatic heterocycles. The summed E-state index contributed by atoms with van der Waals surface area (Å²) in [6, 6.07) is 5.01. The van der Waals surface area contributed by atoms with E-state index in [0.29, 0.717) is 22.8 Å². The van der Waals surface area contributed by atoms with Gasteiger partial charge in [0.1, 0.15) is 5.82 Å². The molecule has 2 rings (SSSR count). The molecule has 1 nitrogen and oxygen atoms in total. The highest BCUT2D eigenvalue weighted by atomic mass is 79.9. The van der Waals surface area contributed by atoms with Crippen molar-refractivity contribution in [3.8, 4) is 0 Å². The number of allylic oxidation sites excluding steroid dienone is 3. The van der Waals surface area contributed by atoms with Crippen LogP contribution in [-0.2, 0) is 0 Å². The molecule has 1 aromatic carbocycles. The third-order valence-electron chi connectivity index (χ3n) is 2.80. The topological polar surface area (TPSA) is 3.24 Å². The molecular formula is C14H12BrClFN. The highest BCUT2D eigenvalue weighted by Crippen LogP contribution is 2.33. The van der Waals surface area contributed by atoms with E-state index in [2.05, 4.69) is 22.5 Å². The maximum atomic E-state index is 14.0. The van der Waals surface area contributed by atoms with Crippen molar-refractivity contribution in [2.75, 3.05) is 6.54 Å². The van der Waals surface area contributed by atoms with Gasteiger partial charge in [0.25, 0.3) is 0 Å². The van der Waals surface area contributed by atoms with Crippen molar-refractivity contribution in [2.24, 2.45) is 0 Å². The number of hydrogen-bond donors (Lipinski definition) is 0. The Hall–Kier alpha value is -1.06. The van der Waals surface area contributed by atoms with Crippen LogP contribution < -0.4 is 0 Å². The monoisotopic (exact) mass is 327 g/mol. The molecule has 0 fully saturated rings. The molecule has 0 radical (unpaired) electrons. The fraction of sp³-hybridized carbons (Fsp3) is 0.143. The van der Waals surface area contributed by atoms with Gasteiger partial charge in [-0.05, 0) is 37.3 Å². The Kier molecular flexibility index (Phi) is 3.93. The van der Waals surface area contributed by atoms with Crippen LogP contribution in [0.25, 0.3) is 5.70 Å². The van der Waals surface area contributed by atoms with Crippen molar-refractivity contribution in [3.05, 3.63) is 63.5 Å². The minimum atomic E-state index is -0.270. The van der Waals surface area contributed by atoms with E-state index < -0.39 is 0 Å². The van der Waals surface area contributed by atoms with Gasteiger partial charge in [-0.3, -0.25) is 0 Å². The van der Waals surface area contributed by atoms with Crippen molar-refractivity contribution in [1.82, 2.24) is 4.90 Å². The van der Waals surface area contributed by atoms with Crippen molar-refractivity contribution >= 4 is 33.2 Å². The van der Waals surface area contributed by atoms with E-state index in [0.717, 1.165) is 10.2 Å². The Bertz CT molecular complexity index is 563. The van der Waals surface area contributed by atoms with Gasteiger partial charge < -0.3 is 4.90 Å². The summed E-state index contributed by atoms with van der Waals surface area (Å²) in [6.07, 6.45) is 3.56. The van der Waals surface area contributed by atoms with E-state index in [1.165, 1.54) is 6.07 Å². The molecule has 0 saturated carbocycles. The highest BCUT2D eigenvalue weighted by Gasteiger charge is 2.20. The van der Waals surface area contributed by atoms with Gasteiger partial charge in [0.05, 0.1) is 16.4 Å². The van der Waals surface area contributed by atoms with Crippen LogP contribution in [0.3, 0.4) is 0 Å². The third-order valence-corrected chi connectivity index (χ3v) is 3.64. The van der Waals surface area contributed by atoms with Crippen molar-refractivity contribution in [3.63, 3.8) is 0 Å². The van der Waals surface area contributed by atoms with E-state index in [-0.39, 0.29) is 5.82 Å². The Morgan fingerprint density at radius 3 is 2.72 bits per heavy atom. The lowest BCUT2D eigenvalue weighted by Gasteiger charge is -2.30. The lowest BCUT2D eigenvalue weighted by atomic mass is 10.1. The first-order valence-corrected chi connectivity index (χ1v) is 6.71. The van der Waals surface area contributed by atoms with Gasteiger partial charge in [0.2, 0.25) is 0 Å². The first kappa shape index (κ1) is 13.4. The first-order valence-electron chi connectivity index (χ1n) is 5.54. The quantitative estimate of drug-likeness (QED) is 0.746. The lowest BCUT2D eigenvalue weighted by molar-refractivity contribution is 0.520. The summed E-state index contributed by atoms with van der Waals surface area (Å²) in [5, 5.41) is 0.582. The van der Waals surface area contributed by atoms with Gasteiger partial charge in [-0.1, -0.05) is 34.1 Å². The van der Waals surface area contributed by atoms with Gasteiger partial charge in [-0.2, -0.15) is 0 Å². The van der Waals surface area contributed by atoms with Gasteiger partial charge in [0, 0.05) is 16.6 Å². The molecule has 1 aliphatic rings. The molecule has 0 spiro atoms. The van der Waals surface area contributed by atoms with Crippen LogP contribution in [0.2, 0.25) is 0 Å². The van der Waals surface area contributed by atoms with E-state index >= 15 is 0 Å². The molecule has 18 heavy (non-hydrogen) atoms. The number of hydrogen-bond acceptors (Lipinski definition) is 1. The van der Waals surface area contributed by atoms with Crippen molar-refractivity contribution in [2.45, 2.75) is 6.92 Å². The molecule has 1 aromatic rings. The second kappa shape index (κ2) is 5.29. The van der Waals surface area contributed by atoms with E-state index in [1.807, 2.05) is 24.0 Å². The zero-order chi connectivity index (χ0) is 13.3. The Morgan fingerprint density at radius 2 is 2.11 bits per heavy atom. The third kappa shape index (κ3) is 2.38. The summed E-state index contributed by atoms with van der Waals surface area (Å²) in [6.45, 7) is 6.59. The molecule has 0 saturated heterocycles. The van der Waals surface area contributed by atoms with Crippen LogP contribution in [0.4, 0.5) is 4.39 Å². The predicted molar refractivity (Wildman–Crippen MR) is 77.5 cm³/mol. The van der Waals surface area contributed by atoms with Crippen LogP contribution >= 0.6 is 27.5 Å². The van der Waals surface area contributed by atoms with Gasteiger partial charge >= 0.3 is 0 Å². The Labute approximate surface area is 119 Å². The number of nitrogens with zero attached hydrogens (tertiary/aromatic N) is 1. The lowest BCUT2D eigenvalue weighted by Crippen LogP contribution is -2.23. The predicted octanol–water partition coefficient (Wildman–Crippen LogP) is 4.90. The second-order valence-corrected chi connectivity index (χ2v) is 5.20. The van der Waals surface area contributed by atoms with Crippen LogP contribution in [0, 0.1) is 5.82 Å². The summed E-state index contributed by atoms with van der Waals surface area (Å²) in [4.78, 5) is 1.90.